The van der Waals surface area contributed by atoms with Gasteiger partial charge in [-0.05, 0) is 38.2 Å². The maximum absolute atomic E-state index is 5.94. The molecule has 0 N–H and O–H groups in total. The fraction of sp³-hybridized carbons (Fsp3) is 0.818. The van der Waals surface area contributed by atoms with Gasteiger partial charge in [-0.25, -0.2) is 0 Å². The fourth-order valence-electron chi connectivity index (χ4n) is 2.24. The molecule has 1 aliphatic carbocycles. The Labute approximate surface area is 74.8 Å². The van der Waals surface area contributed by atoms with Gasteiger partial charge in [0.2, 0.25) is 0 Å². The topological polar surface area (TPSA) is 9.23 Å². The Bertz CT molecular complexity index is 237. The zero-order valence-corrected chi connectivity index (χ0v) is 8.48. The average Bonchev–Trinajstić information content (AvgIpc) is 2.02. The van der Waals surface area contributed by atoms with E-state index in [1.165, 1.54) is 18.6 Å². The van der Waals surface area contributed by atoms with E-state index < -0.39 is 0 Å². The Morgan fingerprint density at radius 2 is 1.92 bits per heavy atom. The minimum Gasteiger partial charge on any atom is -0.492 e. The number of hydrogen-bond acceptors (Lipinski definition) is 1. The second kappa shape index (κ2) is 2.27. The molecule has 0 bridgehead atoms. The maximum atomic E-state index is 5.94. The van der Waals surface area contributed by atoms with Crippen LogP contribution in [0, 0.1) is 11.8 Å². The molecule has 2 aliphatic rings. The van der Waals surface area contributed by atoms with Crippen LogP contribution in [0.2, 0.25) is 0 Å². The first-order valence-electron chi connectivity index (χ1n) is 4.93. The Hall–Kier alpha value is -0.460. The molecule has 0 fully saturated rings. The molecule has 0 aromatic rings. The molecule has 68 valence electrons. The van der Waals surface area contributed by atoms with Crippen molar-refractivity contribution in [2.45, 2.75) is 46.1 Å². The van der Waals surface area contributed by atoms with Crippen molar-refractivity contribution in [3.63, 3.8) is 0 Å². The highest BCUT2D eigenvalue weighted by Gasteiger charge is 2.41. The van der Waals surface area contributed by atoms with Crippen LogP contribution in [0.15, 0.2) is 11.3 Å². The molecular formula is C11H18O. The molecule has 2 atom stereocenters. The minimum atomic E-state index is 0.0905. The van der Waals surface area contributed by atoms with E-state index in [1.54, 1.807) is 5.57 Å². The smallest absolute Gasteiger partial charge is 0.103 e. The third kappa shape index (κ3) is 0.988. The van der Waals surface area contributed by atoms with E-state index in [0.717, 1.165) is 5.92 Å². The number of hydrogen-bond donors (Lipinski definition) is 0. The zero-order valence-electron chi connectivity index (χ0n) is 8.48. The summed E-state index contributed by atoms with van der Waals surface area (Å²) < 4.78 is 5.94. The minimum absolute atomic E-state index is 0.0905. The molecule has 0 aromatic carbocycles. The molecule has 0 amide bonds. The van der Waals surface area contributed by atoms with Crippen LogP contribution in [-0.2, 0) is 4.74 Å². The largest absolute Gasteiger partial charge is 0.492 e. The predicted octanol–water partition coefficient (Wildman–Crippen LogP) is 3.12. The quantitative estimate of drug-likeness (QED) is 0.537. The van der Waals surface area contributed by atoms with Crippen LogP contribution in [0.4, 0.5) is 0 Å². The lowest BCUT2D eigenvalue weighted by atomic mass is 9.70. The van der Waals surface area contributed by atoms with E-state index in [2.05, 4.69) is 27.7 Å². The summed E-state index contributed by atoms with van der Waals surface area (Å²) >= 11 is 0. The van der Waals surface area contributed by atoms with Gasteiger partial charge in [0.25, 0.3) is 0 Å². The summed E-state index contributed by atoms with van der Waals surface area (Å²) in [6.45, 7) is 8.95. The molecule has 12 heavy (non-hydrogen) atoms. The van der Waals surface area contributed by atoms with E-state index in [4.69, 9.17) is 4.74 Å². The highest BCUT2D eigenvalue weighted by Crippen LogP contribution is 2.49. The lowest BCUT2D eigenvalue weighted by molar-refractivity contribution is -0.0288. The summed E-state index contributed by atoms with van der Waals surface area (Å²) in [6.07, 6.45) is 2.44. The van der Waals surface area contributed by atoms with Gasteiger partial charge in [-0.2, -0.15) is 0 Å². The molecule has 1 heteroatoms. The van der Waals surface area contributed by atoms with E-state index in [9.17, 15) is 0 Å². The van der Waals surface area contributed by atoms with Crippen LogP contribution < -0.4 is 0 Å². The molecule has 2 unspecified atom stereocenters. The van der Waals surface area contributed by atoms with Crippen molar-refractivity contribution in [3.8, 4) is 0 Å². The molecule has 1 heterocycles. The van der Waals surface area contributed by atoms with Crippen molar-refractivity contribution in [3.05, 3.63) is 11.3 Å². The van der Waals surface area contributed by atoms with Gasteiger partial charge in [0.1, 0.15) is 5.60 Å². The maximum Gasteiger partial charge on any atom is 0.103 e. The fourth-order valence-corrected chi connectivity index (χ4v) is 2.24. The SMILES string of the molecule is CC1C2=C(OC(C)(C)CC2)C1C. The van der Waals surface area contributed by atoms with Crippen molar-refractivity contribution >= 4 is 0 Å². The Kier molecular flexibility index (Phi) is 1.54. The van der Waals surface area contributed by atoms with E-state index in [-0.39, 0.29) is 5.60 Å². The average molecular weight is 166 g/mol. The lowest BCUT2D eigenvalue weighted by Gasteiger charge is -2.46. The molecule has 0 spiro atoms. The van der Waals surface area contributed by atoms with Gasteiger partial charge in [-0.1, -0.05) is 13.8 Å². The Balaban J connectivity index is 2.21. The molecule has 2 rings (SSSR count). The van der Waals surface area contributed by atoms with E-state index in [0.29, 0.717) is 5.92 Å². The second-order valence-corrected chi connectivity index (χ2v) is 4.83. The first-order valence-corrected chi connectivity index (χ1v) is 4.93. The first kappa shape index (κ1) is 8.15. The monoisotopic (exact) mass is 166 g/mol. The van der Waals surface area contributed by atoms with Crippen LogP contribution in [0.1, 0.15) is 40.5 Å². The van der Waals surface area contributed by atoms with E-state index in [1.807, 2.05) is 0 Å². The molecule has 1 aliphatic heterocycles. The summed E-state index contributed by atoms with van der Waals surface area (Å²) in [5, 5.41) is 0. The van der Waals surface area contributed by atoms with Crippen molar-refractivity contribution in [2.24, 2.45) is 11.8 Å². The number of allylic oxidation sites excluding steroid dienone is 2. The highest BCUT2D eigenvalue weighted by atomic mass is 16.5. The van der Waals surface area contributed by atoms with Crippen LogP contribution >= 0.6 is 0 Å². The van der Waals surface area contributed by atoms with Gasteiger partial charge >= 0.3 is 0 Å². The van der Waals surface area contributed by atoms with Crippen LogP contribution in [0.5, 0.6) is 0 Å². The van der Waals surface area contributed by atoms with Gasteiger partial charge in [0.05, 0.1) is 5.76 Å². The molecule has 0 aromatic heterocycles. The molecule has 0 radical (unpaired) electrons. The van der Waals surface area contributed by atoms with Gasteiger partial charge in [-0.3, -0.25) is 0 Å². The highest BCUT2D eigenvalue weighted by molar-refractivity contribution is 5.29. The summed E-state index contributed by atoms with van der Waals surface area (Å²) in [5.74, 6) is 2.74. The molecule has 1 nitrogen and oxygen atoms in total. The van der Waals surface area contributed by atoms with Crippen molar-refractivity contribution in [1.29, 1.82) is 0 Å². The van der Waals surface area contributed by atoms with Crippen molar-refractivity contribution in [2.75, 3.05) is 0 Å². The third-order valence-corrected chi connectivity index (χ3v) is 3.41. The van der Waals surface area contributed by atoms with Crippen LogP contribution in [0.3, 0.4) is 0 Å². The standard InChI is InChI=1S/C11H18O/c1-7-8(2)10-9(7)5-6-11(3,4)12-10/h7-8H,5-6H2,1-4H3. The Morgan fingerprint density at radius 3 is 2.58 bits per heavy atom. The number of rotatable bonds is 0. The summed E-state index contributed by atoms with van der Waals surface area (Å²) in [5.41, 5.74) is 1.68. The molecule has 0 saturated heterocycles. The van der Waals surface area contributed by atoms with Gasteiger partial charge in [0.15, 0.2) is 0 Å². The number of ether oxygens (including phenoxy) is 1. The van der Waals surface area contributed by atoms with Gasteiger partial charge in [0, 0.05) is 5.92 Å². The summed E-state index contributed by atoms with van der Waals surface area (Å²) in [7, 11) is 0. The summed E-state index contributed by atoms with van der Waals surface area (Å²) in [6, 6.07) is 0. The molecular weight excluding hydrogens is 148 g/mol. The van der Waals surface area contributed by atoms with Crippen LogP contribution in [0.25, 0.3) is 0 Å². The van der Waals surface area contributed by atoms with Gasteiger partial charge in [-0.15, -0.1) is 0 Å². The first-order chi connectivity index (χ1) is 5.51. The van der Waals surface area contributed by atoms with Crippen LogP contribution in [-0.4, -0.2) is 5.60 Å². The van der Waals surface area contributed by atoms with Crippen molar-refractivity contribution < 1.29 is 4.74 Å². The van der Waals surface area contributed by atoms with Gasteiger partial charge < -0.3 is 4.74 Å². The van der Waals surface area contributed by atoms with E-state index >= 15 is 0 Å². The Morgan fingerprint density at radius 1 is 1.25 bits per heavy atom. The zero-order chi connectivity index (χ0) is 8.93. The normalized spacial score (nSPS) is 38.3. The second-order valence-electron chi connectivity index (χ2n) is 4.83. The predicted molar refractivity (Wildman–Crippen MR) is 49.8 cm³/mol. The molecule has 0 saturated carbocycles. The van der Waals surface area contributed by atoms with Crippen molar-refractivity contribution in [1.82, 2.24) is 0 Å². The third-order valence-electron chi connectivity index (χ3n) is 3.41. The lowest BCUT2D eigenvalue weighted by Crippen LogP contribution is -2.39. The summed E-state index contributed by atoms with van der Waals surface area (Å²) in [4.78, 5) is 0.